The molecule has 0 fully saturated rings. The van der Waals surface area contributed by atoms with Crippen molar-refractivity contribution in [2.75, 3.05) is 19.6 Å². The Bertz CT molecular complexity index is 246. The highest BCUT2D eigenvalue weighted by molar-refractivity contribution is 5.77. The number of halogens is 3. The van der Waals surface area contributed by atoms with Crippen LogP contribution in [-0.2, 0) is 4.79 Å². The summed E-state index contributed by atoms with van der Waals surface area (Å²) in [6.45, 7) is 7.48. The van der Waals surface area contributed by atoms with E-state index in [1.54, 1.807) is 0 Å². The smallest absolute Gasteiger partial charge is 0.346 e. The lowest BCUT2D eigenvalue weighted by Crippen LogP contribution is -2.41. The van der Waals surface area contributed by atoms with E-state index in [0.29, 0.717) is 12.5 Å². The molecule has 0 aliphatic heterocycles. The topological polar surface area (TPSA) is 41.1 Å². The van der Waals surface area contributed by atoms with E-state index in [0.717, 1.165) is 0 Å². The van der Waals surface area contributed by atoms with Crippen molar-refractivity contribution in [1.29, 1.82) is 0 Å². The molecule has 0 aromatic rings. The van der Waals surface area contributed by atoms with Crippen molar-refractivity contribution in [2.24, 2.45) is 11.3 Å². The molecule has 102 valence electrons. The van der Waals surface area contributed by atoms with Crippen LogP contribution >= 0.6 is 0 Å². The third-order valence-electron chi connectivity index (χ3n) is 2.70. The fourth-order valence-electron chi connectivity index (χ4n) is 0.970. The molecule has 0 aromatic carbocycles. The molecular formula is C11H21F3N2O. The minimum Gasteiger partial charge on any atom is -0.346 e. The van der Waals surface area contributed by atoms with Crippen molar-refractivity contribution in [2.45, 2.75) is 33.9 Å². The fourth-order valence-corrected chi connectivity index (χ4v) is 0.970. The van der Waals surface area contributed by atoms with Crippen LogP contribution in [0.1, 0.15) is 27.7 Å². The van der Waals surface area contributed by atoms with Crippen LogP contribution in [0.5, 0.6) is 0 Å². The fraction of sp³-hybridized carbons (Fsp3) is 0.909. The van der Waals surface area contributed by atoms with Gasteiger partial charge in [-0.15, -0.1) is 0 Å². The summed E-state index contributed by atoms with van der Waals surface area (Å²) < 4.78 is 35.4. The van der Waals surface area contributed by atoms with E-state index in [-0.39, 0.29) is 12.0 Å². The lowest BCUT2D eigenvalue weighted by atomic mass is 9.82. The second-order valence-electron chi connectivity index (χ2n) is 5.29. The van der Waals surface area contributed by atoms with Crippen LogP contribution in [0.15, 0.2) is 0 Å². The maximum Gasteiger partial charge on any atom is 0.405 e. The Hall–Kier alpha value is -0.780. The van der Waals surface area contributed by atoms with Crippen LogP contribution in [0.3, 0.4) is 0 Å². The Kier molecular flexibility index (Phi) is 5.95. The van der Waals surface area contributed by atoms with E-state index < -0.39 is 18.6 Å². The number of nitrogens with one attached hydrogen (secondary N) is 2. The van der Waals surface area contributed by atoms with E-state index in [1.807, 2.05) is 12.2 Å². The molecule has 0 heterocycles. The molecule has 17 heavy (non-hydrogen) atoms. The predicted molar refractivity (Wildman–Crippen MR) is 60.6 cm³/mol. The Morgan fingerprint density at radius 1 is 1.24 bits per heavy atom. The molecule has 6 heteroatoms. The number of rotatable bonds is 5. The highest BCUT2D eigenvalue weighted by Crippen LogP contribution is 2.24. The van der Waals surface area contributed by atoms with Gasteiger partial charge in [0.15, 0.2) is 0 Å². The van der Waals surface area contributed by atoms with E-state index >= 15 is 0 Å². The normalized spacial score (nSPS) is 14.5. The molecule has 1 amide bonds. The molecule has 0 aliphatic carbocycles. The molecule has 3 nitrogen and oxygen atoms in total. The van der Waals surface area contributed by atoms with Gasteiger partial charge in [-0.25, -0.2) is 0 Å². The van der Waals surface area contributed by atoms with Crippen molar-refractivity contribution in [3.05, 3.63) is 0 Å². The monoisotopic (exact) mass is 254 g/mol. The van der Waals surface area contributed by atoms with Crippen molar-refractivity contribution in [3.63, 3.8) is 0 Å². The van der Waals surface area contributed by atoms with Gasteiger partial charge in [0.25, 0.3) is 0 Å². The largest absolute Gasteiger partial charge is 0.405 e. The number of carbonyl (C=O) groups excluding carboxylic acids is 1. The van der Waals surface area contributed by atoms with Gasteiger partial charge < -0.3 is 10.6 Å². The Balaban J connectivity index is 3.73. The molecule has 0 spiro atoms. The molecule has 2 N–H and O–H groups in total. The van der Waals surface area contributed by atoms with E-state index in [1.165, 1.54) is 0 Å². The van der Waals surface area contributed by atoms with E-state index in [4.69, 9.17) is 0 Å². The van der Waals surface area contributed by atoms with Crippen LogP contribution in [0.4, 0.5) is 13.2 Å². The average molecular weight is 254 g/mol. The molecule has 0 rings (SSSR count). The van der Waals surface area contributed by atoms with Gasteiger partial charge in [0.2, 0.25) is 5.91 Å². The summed E-state index contributed by atoms with van der Waals surface area (Å²) in [5.41, 5.74) is 0.107. The zero-order chi connectivity index (χ0) is 13.7. The highest BCUT2D eigenvalue weighted by atomic mass is 19.4. The maximum absolute atomic E-state index is 11.8. The first-order valence-electron chi connectivity index (χ1n) is 5.56. The summed E-state index contributed by atoms with van der Waals surface area (Å²) in [5.74, 6) is -0.304. The number of hydrogen-bond donors (Lipinski definition) is 2. The minimum absolute atomic E-state index is 0.0868. The van der Waals surface area contributed by atoms with Crippen LogP contribution in [0.2, 0.25) is 0 Å². The maximum atomic E-state index is 11.8. The molecule has 0 saturated heterocycles. The molecule has 0 aliphatic rings. The third-order valence-corrected chi connectivity index (χ3v) is 2.70. The second kappa shape index (κ2) is 6.23. The Morgan fingerprint density at radius 3 is 2.18 bits per heavy atom. The highest BCUT2D eigenvalue weighted by Gasteiger charge is 2.27. The SMILES string of the molecule is CC(CNCC(=O)NCC(F)(F)F)C(C)(C)C. The molecule has 1 unspecified atom stereocenters. The summed E-state index contributed by atoms with van der Waals surface area (Å²) in [4.78, 5) is 11.0. The summed E-state index contributed by atoms with van der Waals surface area (Å²) in [7, 11) is 0. The van der Waals surface area contributed by atoms with Crippen LogP contribution < -0.4 is 10.6 Å². The Labute approximate surface area is 100 Å². The molecule has 0 aromatic heterocycles. The van der Waals surface area contributed by atoms with Crippen LogP contribution in [0.25, 0.3) is 0 Å². The second-order valence-corrected chi connectivity index (χ2v) is 5.29. The van der Waals surface area contributed by atoms with Gasteiger partial charge in [-0.3, -0.25) is 4.79 Å². The molecule has 0 bridgehead atoms. The standard InChI is InChI=1S/C11H21F3N2O/c1-8(10(2,3)4)5-15-6-9(17)16-7-11(12,13)14/h8,15H,5-7H2,1-4H3,(H,16,17). The van der Waals surface area contributed by atoms with Gasteiger partial charge in [0.1, 0.15) is 6.54 Å². The van der Waals surface area contributed by atoms with Crippen molar-refractivity contribution >= 4 is 5.91 Å². The average Bonchev–Trinajstić information content (AvgIpc) is 2.12. The predicted octanol–water partition coefficient (Wildman–Crippen LogP) is 1.94. The van der Waals surface area contributed by atoms with Gasteiger partial charge in [0, 0.05) is 0 Å². The van der Waals surface area contributed by atoms with Crippen LogP contribution in [0, 0.1) is 11.3 Å². The molecule has 0 saturated carbocycles. The molecule has 1 atom stereocenters. The number of hydrogen-bond acceptors (Lipinski definition) is 2. The first-order chi connectivity index (χ1) is 7.52. The summed E-state index contributed by atoms with van der Waals surface area (Å²) in [6.07, 6.45) is -4.35. The first-order valence-corrected chi connectivity index (χ1v) is 5.56. The van der Waals surface area contributed by atoms with Gasteiger partial charge in [0.05, 0.1) is 6.54 Å². The Morgan fingerprint density at radius 2 is 1.76 bits per heavy atom. The van der Waals surface area contributed by atoms with Crippen molar-refractivity contribution in [3.8, 4) is 0 Å². The minimum atomic E-state index is -4.35. The number of amides is 1. The summed E-state index contributed by atoms with van der Waals surface area (Å²) in [6, 6.07) is 0. The first kappa shape index (κ1) is 16.2. The molecule has 0 radical (unpaired) electrons. The van der Waals surface area contributed by atoms with Crippen molar-refractivity contribution < 1.29 is 18.0 Å². The lowest BCUT2D eigenvalue weighted by molar-refractivity contribution is -0.137. The molecular weight excluding hydrogens is 233 g/mol. The van der Waals surface area contributed by atoms with Gasteiger partial charge in [-0.2, -0.15) is 13.2 Å². The number of alkyl halides is 3. The van der Waals surface area contributed by atoms with Crippen LogP contribution in [-0.4, -0.2) is 31.7 Å². The number of carbonyl (C=O) groups is 1. The quantitative estimate of drug-likeness (QED) is 0.787. The zero-order valence-electron chi connectivity index (χ0n) is 10.7. The van der Waals surface area contributed by atoms with Gasteiger partial charge >= 0.3 is 6.18 Å². The van der Waals surface area contributed by atoms with E-state index in [2.05, 4.69) is 26.1 Å². The van der Waals surface area contributed by atoms with Gasteiger partial charge in [-0.1, -0.05) is 27.7 Å². The summed E-state index contributed by atoms with van der Waals surface area (Å²) in [5, 5.41) is 4.66. The zero-order valence-corrected chi connectivity index (χ0v) is 10.7. The lowest BCUT2D eigenvalue weighted by Gasteiger charge is -2.27. The van der Waals surface area contributed by atoms with E-state index in [9.17, 15) is 18.0 Å². The third kappa shape index (κ3) is 8.97. The summed E-state index contributed by atoms with van der Waals surface area (Å²) >= 11 is 0. The van der Waals surface area contributed by atoms with Crippen molar-refractivity contribution in [1.82, 2.24) is 10.6 Å². The van der Waals surface area contributed by atoms with Gasteiger partial charge in [-0.05, 0) is 17.9 Å².